The zero-order valence-corrected chi connectivity index (χ0v) is 57.4. The summed E-state index contributed by atoms with van der Waals surface area (Å²) in [7, 11) is -9.89. The molecule has 0 radical (unpaired) electrons. The summed E-state index contributed by atoms with van der Waals surface area (Å²) in [6.45, 7) is 9.46. The first-order valence-electron chi connectivity index (χ1n) is 35.0. The molecule has 3 N–H and O–H groups in total. The minimum absolute atomic E-state index is 0.105. The fraction of sp³-hybridized carbons (Fsp3) is 0.940. The Kier molecular flexibility index (Phi) is 58.0. The number of phosphoric acid groups is 2. The Labute approximate surface area is 524 Å². The monoisotopic (exact) mass is 1270 g/mol. The van der Waals surface area contributed by atoms with E-state index in [1.54, 1.807) is 0 Å². The topological polar surface area (TPSA) is 237 Å². The van der Waals surface area contributed by atoms with Gasteiger partial charge in [0.05, 0.1) is 26.4 Å². The van der Waals surface area contributed by atoms with E-state index in [-0.39, 0.29) is 25.7 Å². The highest BCUT2D eigenvalue weighted by Crippen LogP contribution is 2.45. The Hall–Kier alpha value is -1.94. The van der Waals surface area contributed by atoms with Gasteiger partial charge in [0.2, 0.25) is 0 Å². The molecule has 510 valence electrons. The number of aliphatic hydroxyl groups is 1. The largest absolute Gasteiger partial charge is 0.472 e. The Bertz CT molecular complexity index is 1680. The van der Waals surface area contributed by atoms with Crippen molar-refractivity contribution in [1.82, 2.24) is 0 Å². The molecule has 19 heteroatoms. The normalized spacial score (nSPS) is 14.2. The van der Waals surface area contributed by atoms with Crippen LogP contribution in [-0.2, 0) is 65.4 Å². The van der Waals surface area contributed by atoms with Crippen molar-refractivity contribution < 1.29 is 80.2 Å². The maximum Gasteiger partial charge on any atom is 0.472 e. The predicted octanol–water partition coefficient (Wildman–Crippen LogP) is 18.8. The first-order chi connectivity index (χ1) is 41.4. The SMILES string of the molecule is CCCCCCCCCCCCCCCCC(=O)O[C@H](COC(=O)CCCCCCCCCCCC(C)C)COP(=O)(O)OC[C@@H](O)COP(=O)(O)OC[C@@H](COC(=O)CCCCCCCCCC)OC(=O)CCCCCCCCCCCC(C)C. The molecule has 0 aliphatic heterocycles. The molecule has 0 amide bonds. The second kappa shape index (κ2) is 59.4. The maximum absolute atomic E-state index is 13.0. The van der Waals surface area contributed by atoms with Crippen LogP contribution in [-0.4, -0.2) is 96.7 Å². The highest BCUT2D eigenvalue weighted by molar-refractivity contribution is 7.47. The van der Waals surface area contributed by atoms with Crippen LogP contribution in [0.3, 0.4) is 0 Å². The van der Waals surface area contributed by atoms with Crippen molar-refractivity contribution in [3.05, 3.63) is 0 Å². The van der Waals surface area contributed by atoms with Crippen LogP contribution in [0.15, 0.2) is 0 Å². The van der Waals surface area contributed by atoms with Crippen molar-refractivity contribution in [2.24, 2.45) is 11.8 Å². The molecule has 0 saturated carbocycles. The van der Waals surface area contributed by atoms with Gasteiger partial charge in [-0.15, -0.1) is 0 Å². The second-order valence-electron chi connectivity index (χ2n) is 25.2. The highest BCUT2D eigenvalue weighted by Gasteiger charge is 2.30. The molecule has 0 aliphatic rings. The van der Waals surface area contributed by atoms with Crippen molar-refractivity contribution in [2.45, 2.75) is 355 Å². The van der Waals surface area contributed by atoms with Crippen LogP contribution < -0.4 is 0 Å². The third-order valence-electron chi connectivity index (χ3n) is 15.5. The summed E-state index contributed by atoms with van der Waals surface area (Å²) in [4.78, 5) is 72.3. The summed E-state index contributed by atoms with van der Waals surface area (Å²) in [5, 5.41) is 10.6. The van der Waals surface area contributed by atoms with E-state index in [1.165, 1.54) is 148 Å². The molecule has 0 bridgehead atoms. The molecular weight excluding hydrogens is 1140 g/mol. The average Bonchev–Trinajstić information content (AvgIpc) is 3.64. The van der Waals surface area contributed by atoms with Gasteiger partial charge in [0, 0.05) is 25.7 Å². The Morgan fingerprint density at radius 1 is 0.314 bits per heavy atom. The molecule has 17 nitrogen and oxygen atoms in total. The maximum atomic E-state index is 13.0. The molecule has 0 saturated heterocycles. The van der Waals surface area contributed by atoms with Gasteiger partial charge in [0.1, 0.15) is 19.3 Å². The molecule has 0 rings (SSSR count). The van der Waals surface area contributed by atoms with Gasteiger partial charge in [0.15, 0.2) is 12.2 Å². The van der Waals surface area contributed by atoms with E-state index in [9.17, 15) is 43.2 Å². The number of carbonyl (C=O) groups excluding carboxylic acids is 4. The van der Waals surface area contributed by atoms with Crippen LogP contribution >= 0.6 is 15.6 Å². The van der Waals surface area contributed by atoms with E-state index in [1.807, 2.05) is 0 Å². The average molecular weight is 1270 g/mol. The standard InChI is InChI=1S/C67H130O17P2/c1-7-9-11-13-15-17-18-19-20-21-26-33-39-45-51-66(71)83-63(56-78-65(70)50-44-38-32-27-22-24-29-35-41-47-59(3)4)58-82-86(75,76)80-54-61(68)53-79-85(73,74)81-57-62(55-77-64(69)49-43-37-31-16-14-12-10-8-2)84-67(72)52-46-40-34-28-23-25-30-36-42-48-60(5)6/h59-63,68H,7-58H2,1-6H3,(H,73,74)(H,75,76)/t61-,62+,63+/m0/s1. The van der Waals surface area contributed by atoms with Gasteiger partial charge in [-0.05, 0) is 37.5 Å². The van der Waals surface area contributed by atoms with Crippen LogP contribution in [0.5, 0.6) is 0 Å². The quantitative estimate of drug-likeness (QED) is 0.0222. The smallest absolute Gasteiger partial charge is 0.462 e. The van der Waals surface area contributed by atoms with Crippen LogP contribution in [0, 0.1) is 11.8 Å². The van der Waals surface area contributed by atoms with Crippen molar-refractivity contribution in [1.29, 1.82) is 0 Å². The minimum Gasteiger partial charge on any atom is -0.462 e. The molecule has 0 aromatic carbocycles. The van der Waals surface area contributed by atoms with Crippen LogP contribution in [0.1, 0.15) is 337 Å². The van der Waals surface area contributed by atoms with Gasteiger partial charge in [0.25, 0.3) is 0 Å². The zero-order chi connectivity index (χ0) is 63.6. The summed E-state index contributed by atoms with van der Waals surface area (Å²) in [5.74, 6) is -0.650. The summed E-state index contributed by atoms with van der Waals surface area (Å²) < 4.78 is 68.1. The van der Waals surface area contributed by atoms with Gasteiger partial charge in [-0.2, -0.15) is 0 Å². The molecule has 0 aromatic heterocycles. The fourth-order valence-electron chi connectivity index (χ4n) is 10.1. The number of hydrogen-bond donors (Lipinski definition) is 3. The van der Waals surface area contributed by atoms with E-state index in [0.29, 0.717) is 25.7 Å². The van der Waals surface area contributed by atoms with Crippen molar-refractivity contribution in [3.8, 4) is 0 Å². The van der Waals surface area contributed by atoms with Crippen LogP contribution in [0.2, 0.25) is 0 Å². The third-order valence-corrected chi connectivity index (χ3v) is 17.4. The van der Waals surface area contributed by atoms with Gasteiger partial charge in [-0.1, -0.05) is 286 Å². The lowest BCUT2D eigenvalue weighted by Gasteiger charge is -2.21. The van der Waals surface area contributed by atoms with Crippen molar-refractivity contribution in [2.75, 3.05) is 39.6 Å². The fourth-order valence-corrected chi connectivity index (χ4v) is 11.6. The van der Waals surface area contributed by atoms with E-state index in [4.69, 9.17) is 37.0 Å². The molecule has 0 spiro atoms. The molecule has 2 unspecified atom stereocenters. The zero-order valence-electron chi connectivity index (χ0n) is 55.6. The summed E-state index contributed by atoms with van der Waals surface area (Å²) in [6, 6.07) is 0. The summed E-state index contributed by atoms with van der Waals surface area (Å²) in [5.41, 5.74) is 0. The first-order valence-corrected chi connectivity index (χ1v) is 38.0. The Morgan fingerprint density at radius 2 is 0.535 bits per heavy atom. The van der Waals surface area contributed by atoms with Gasteiger partial charge in [-0.3, -0.25) is 37.3 Å². The molecule has 0 aromatic rings. The van der Waals surface area contributed by atoms with E-state index >= 15 is 0 Å². The number of esters is 4. The molecule has 86 heavy (non-hydrogen) atoms. The number of unbranched alkanes of at least 4 members (excludes halogenated alkanes) is 36. The Morgan fingerprint density at radius 3 is 0.791 bits per heavy atom. The third kappa shape index (κ3) is 60.9. The lowest BCUT2D eigenvalue weighted by molar-refractivity contribution is -0.161. The van der Waals surface area contributed by atoms with Crippen LogP contribution in [0.4, 0.5) is 0 Å². The number of hydrogen-bond acceptors (Lipinski definition) is 15. The summed E-state index contributed by atoms with van der Waals surface area (Å²) >= 11 is 0. The number of ether oxygens (including phenoxy) is 4. The first kappa shape index (κ1) is 84.1. The number of phosphoric ester groups is 2. The van der Waals surface area contributed by atoms with E-state index in [2.05, 4.69) is 41.5 Å². The molecule has 0 aliphatic carbocycles. The molecule has 0 heterocycles. The molecule has 5 atom stereocenters. The van der Waals surface area contributed by atoms with E-state index in [0.717, 1.165) is 108 Å². The van der Waals surface area contributed by atoms with E-state index < -0.39 is 97.5 Å². The number of aliphatic hydroxyl groups excluding tert-OH is 1. The molecule has 0 fully saturated rings. The highest BCUT2D eigenvalue weighted by atomic mass is 31.2. The minimum atomic E-state index is -4.95. The van der Waals surface area contributed by atoms with Gasteiger partial charge < -0.3 is 33.8 Å². The predicted molar refractivity (Wildman–Crippen MR) is 345 cm³/mol. The number of carbonyl (C=O) groups is 4. The van der Waals surface area contributed by atoms with Gasteiger partial charge >= 0.3 is 39.5 Å². The number of rotatable bonds is 66. The summed E-state index contributed by atoms with van der Waals surface area (Å²) in [6.07, 6.45) is 43.0. The lowest BCUT2D eigenvalue weighted by atomic mass is 10.0. The van der Waals surface area contributed by atoms with Gasteiger partial charge in [-0.25, -0.2) is 9.13 Å². The van der Waals surface area contributed by atoms with Crippen molar-refractivity contribution >= 4 is 39.5 Å². The second-order valence-corrected chi connectivity index (χ2v) is 28.1. The van der Waals surface area contributed by atoms with Crippen LogP contribution in [0.25, 0.3) is 0 Å². The Balaban J connectivity index is 5.23. The molecular formula is C67H130O17P2. The lowest BCUT2D eigenvalue weighted by Crippen LogP contribution is -2.30. The van der Waals surface area contributed by atoms with Crippen molar-refractivity contribution in [3.63, 3.8) is 0 Å².